The molecule has 0 aliphatic heterocycles. The standard InChI is InChI=1S/C15H18BrNO3/c1-10(13(18)19)17-14(20)15(7-2-3-8-15)11-5-4-6-12(16)9-11/h4-6,9-10H,2-3,7-8H2,1H3,(H,17,20)(H,18,19). The van der Waals surface area contributed by atoms with Crippen LogP contribution in [-0.2, 0) is 15.0 Å². The van der Waals surface area contributed by atoms with Gasteiger partial charge in [0.1, 0.15) is 6.04 Å². The summed E-state index contributed by atoms with van der Waals surface area (Å²) < 4.78 is 0.931. The Kier molecular flexibility index (Phi) is 4.48. The van der Waals surface area contributed by atoms with Gasteiger partial charge in [-0.05, 0) is 37.5 Å². The summed E-state index contributed by atoms with van der Waals surface area (Å²) in [5.74, 6) is -1.19. The van der Waals surface area contributed by atoms with Crippen molar-refractivity contribution in [3.05, 3.63) is 34.3 Å². The molecular weight excluding hydrogens is 322 g/mol. The number of hydrogen-bond donors (Lipinski definition) is 2. The first-order valence-electron chi connectivity index (χ1n) is 6.75. The molecule has 0 aromatic heterocycles. The van der Waals surface area contributed by atoms with Gasteiger partial charge in [-0.25, -0.2) is 0 Å². The van der Waals surface area contributed by atoms with Gasteiger partial charge >= 0.3 is 5.97 Å². The molecule has 2 N–H and O–H groups in total. The van der Waals surface area contributed by atoms with Crippen LogP contribution >= 0.6 is 15.9 Å². The predicted molar refractivity (Wildman–Crippen MR) is 79.5 cm³/mol. The number of carboxylic acids is 1. The third-order valence-corrected chi connectivity index (χ3v) is 4.48. The molecule has 1 aliphatic rings. The van der Waals surface area contributed by atoms with Crippen molar-refractivity contribution in [1.82, 2.24) is 5.32 Å². The number of benzene rings is 1. The number of halogens is 1. The summed E-state index contributed by atoms with van der Waals surface area (Å²) in [5.41, 5.74) is 0.368. The Labute approximate surface area is 126 Å². The summed E-state index contributed by atoms with van der Waals surface area (Å²) in [7, 11) is 0. The van der Waals surface area contributed by atoms with Crippen LogP contribution in [0.3, 0.4) is 0 Å². The monoisotopic (exact) mass is 339 g/mol. The minimum Gasteiger partial charge on any atom is -0.480 e. The van der Waals surface area contributed by atoms with Crippen molar-refractivity contribution in [1.29, 1.82) is 0 Å². The molecule has 2 rings (SSSR count). The summed E-state index contributed by atoms with van der Waals surface area (Å²) in [6.07, 6.45) is 3.51. The average Bonchev–Trinajstić information content (AvgIpc) is 2.89. The number of nitrogens with one attached hydrogen (secondary N) is 1. The normalized spacial score (nSPS) is 18.5. The fourth-order valence-electron chi connectivity index (χ4n) is 2.81. The van der Waals surface area contributed by atoms with Crippen molar-refractivity contribution >= 4 is 27.8 Å². The van der Waals surface area contributed by atoms with Crippen molar-refractivity contribution in [2.45, 2.75) is 44.1 Å². The molecule has 1 aromatic rings. The van der Waals surface area contributed by atoms with Crippen LogP contribution in [0.2, 0.25) is 0 Å². The van der Waals surface area contributed by atoms with E-state index >= 15 is 0 Å². The molecule has 0 heterocycles. The van der Waals surface area contributed by atoms with E-state index in [1.807, 2.05) is 24.3 Å². The minimum absolute atomic E-state index is 0.178. The van der Waals surface area contributed by atoms with E-state index in [-0.39, 0.29) is 5.91 Å². The molecule has 4 nitrogen and oxygen atoms in total. The van der Waals surface area contributed by atoms with Gasteiger partial charge in [0.05, 0.1) is 5.41 Å². The van der Waals surface area contributed by atoms with Crippen molar-refractivity contribution < 1.29 is 14.7 Å². The minimum atomic E-state index is -1.01. The lowest BCUT2D eigenvalue weighted by Gasteiger charge is -2.29. The second-order valence-electron chi connectivity index (χ2n) is 5.33. The molecule has 1 aromatic carbocycles. The highest BCUT2D eigenvalue weighted by Gasteiger charge is 2.43. The Balaban J connectivity index is 2.30. The molecule has 20 heavy (non-hydrogen) atoms. The summed E-state index contributed by atoms with van der Waals surface area (Å²) >= 11 is 3.43. The lowest BCUT2D eigenvalue weighted by Crippen LogP contribution is -2.48. The second kappa shape index (κ2) is 5.95. The molecule has 1 aliphatic carbocycles. The largest absolute Gasteiger partial charge is 0.480 e. The van der Waals surface area contributed by atoms with Gasteiger partial charge in [-0.1, -0.05) is 40.9 Å². The molecule has 0 saturated heterocycles. The summed E-state index contributed by atoms with van der Waals surface area (Å²) in [6.45, 7) is 1.49. The van der Waals surface area contributed by atoms with E-state index in [9.17, 15) is 9.59 Å². The summed E-state index contributed by atoms with van der Waals surface area (Å²) in [4.78, 5) is 23.5. The van der Waals surface area contributed by atoms with Crippen LogP contribution in [0.5, 0.6) is 0 Å². The highest BCUT2D eigenvalue weighted by molar-refractivity contribution is 9.10. The number of amides is 1. The topological polar surface area (TPSA) is 66.4 Å². The van der Waals surface area contributed by atoms with Gasteiger partial charge in [0.15, 0.2) is 0 Å². The van der Waals surface area contributed by atoms with Crippen molar-refractivity contribution in [3.63, 3.8) is 0 Å². The van der Waals surface area contributed by atoms with E-state index in [0.717, 1.165) is 35.7 Å². The van der Waals surface area contributed by atoms with E-state index in [0.29, 0.717) is 0 Å². The van der Waals surface area contributed by atoms with Crippen LogP contribution in [0.1, 0.15) is 38.2 Å². The van der Waals surface area contributed by atoms with Gasteiger partial charge in [-0.2, -0.15) is 0 Å². The maximum absolute atomic E-state index is 12.6. The Hall–Kier alpha value is -1.36. The van der Waals surface area contributed by atoms with Crippen molar-refractivity contribution in [2.24, 2.45) is 0 Å². The van der Waals surface area contributed by atoms with Crippen LogP contribution in [0, 0.1) is 0 Å². The second-order valence-corrected chi connectivity index (χ2v) is 6.25. The summed E-state index contributed by atoms with van der Waals surface area (Å²) in [5, 5.41) is 11.6. The zero-order valence-corrected chi connectivity index (χ0v) is 12.9. The van der Waals surface area contributed by atoms with Crippen LogP contribution in [-0.4, -0.2) is 23.0 Å². The van der Waals surface area contributed by atoms with E-state index in [4.69, 9.17) is 5.11 Å². The number of carbonyl (C=O) groups excluding carboxylic acids is 1. The van der Waals surface area contributed by atoms with Crippen LogP contribution in [0.15, 0.2) is 28.7 Å². The Morgan fingerprint density at radius 1 is 1.35 bits per heavy atom. The lowest BCUT2D eigenvalue weighted by molar-refractivity contribution is -0.142. The lowest BCUT2D eigenvalue weighted by atomic mass is 9.78. The fourth-order valence-corrected chi connectivity index (χ4v) is 3.21. The van der Waals surface area contributed by atoms with Gasteiger partial charge in [0, 0.05) is 4.47 Å². The number of carbonyl (C=O) groups is 2. The van der Waals surface area contributed by atoms with Crippen LogP contribution in [0.25, 0.3) is 0 Å². The van der Waals surface area contributed by atoms with Gasteiger partial charge < -0.3 is 10.4 Å². The third-order valence-electron chi connectivity index (χ3n) is 3.99. The Bertz CT molecular complexity index is 524. The Morgan fingerprint density at radius 3 is 2.55 bits per heavy atom. The van der Waals surface area contributed by atoms with Crippen molar-refractivity contribution in [2.75, 3.05) is 0 Å². The number of hydrogen-bond acceptors (Lipinski definition) is 2. The zero-order chi connectivity index (χ0) is 14.8. The number of aliphatic carboxylic acids is 1. The molecule has 1 saturated carbocycles. The maximum Gasteiger partial charge on any atom is 0.325 e. The first-order chi connectivity index (χ1) is 9.45. The fraction of sp³-hybridized carbons (Fsp3) is 0.467. The van der Waals surface area contributed by atoms with Gasteiger partial charge in [0.25, 0.3) is 0 Å². The average molecular weight is 340 g/mol. The smallest absolute Gasteiger partial charge is 0.325 e. The van der Waals surface area contributed by atoms with E-state index in [2.05, 4.69) is 21.2 Å². The first kappa shape index (κ1) is 15.0. The van der Waals surface area contributed by atoms with Gasteiger partial charge in [-0.3, -0.25) is 9.59 Å². The van der Waals surface area contributed by atoms with Gasteiger partial charge in [0.2, 0.25) is 5.91 Å². The summed E-state index contributed by atoms with van der Waals surface area (Å²) in [6, 6.07) is 6.86. The molecule has 108 valence electrons. The van der Waals surface area contributed by atoms with Crippen molar-refractivity contribution in [3.8, 4) is 0 Å². The SMILES string of the molecule is CC(NC(=O)C1(c2cccc(Br)c2)CCCC1)C(=O)O. The van der Waals surface area contributed by atoms with Crippen LogP contribution in [0.4, 0.5) is 0 Å². The van der Waals surface area contributed by atoms with E-state index < -0.39 is 17.4 Å². The highest BCUT2D eigenvalue weighted by atomic mass is 79.9. The van der Waals surface area contributed by atoms with Gasteiger partial charge in [-0.15, -0.1) is 0 Å². The quantitative estimate of drug-likeness (QED) is 0.886. The molecule has 5 heteroatoms. The maximum atomic E-state index is 12.6. The molecule has 1 atom stereocenters. The molecule has 1 unspecified atom stereocenters. The molecule has 0 spiro atoms. The molecule has 0 bridgehead atoms. The number of rotatable bonds is 4. The third kappa shape index (κ3) is 2.87. The number of carboxylic acid groups (broad SMARTS) is 1. The Morgan fingerprint density at radius 2 is 2.00 bits per heavy atom. The first-order valence-corrected chi connectivity index (χ1v) is 7.55. The molecule has 0 radical (unpaired) electrons. The predicted octanol–water partition coefficient (Wildman–Crippen LogP) is 2.85. The molecule has 1 fully saturated rings. The van der Waals surface area contributed by atoms with E-state index in [1.165, 1.54) is 6.92 Å². The molecule has 1 amide bonds. The zero-order valence-electron chi connectivity index (χ0n) is 11.4. The molecular formula is C15H18BrNO3. The highest BCUT2D eigenvalue weighted by Crippen LogP contribution is 2.42. The van der Waals surface area contributed by atoms with E-state index in [1.54, 1.807) is 0 Å². The van der Waals surface area contributed by atoms with Crippen LogP contribution < -0.4 is 5.32 Å².